The number of nitrogens with one attached hydrogen (secondary N) is 1. The van der Waals surface area contributed by atoms with Crippen LogP contribution >= 0.6 is 11.8 Å². The standard InChI is InChI=1S/C25H23N5O4S/c1-3-14-29-23(15-34-22-13-8-18-6-4-5-7-21(18)17(22)2)27-28-25(29)35-16-24(31)26-19-9-11-20(12-10-19)30(32)33/h3-13H,1,14-16H2,2H3,(H,26,31). The van der Waals surface area contributed by atoms with Crippen molar-refractivity contribution >= 4 is 39.8 Å². The van der Waals surface area contributed by atoms with Crippen molar-refractivity contribution in [3.8, 4) is 5.75 Å². The number of nitrogens with zero attached hydrogens (tertiary/aromatic N) is 4. The number of hydrogen-bond donors (Lipinski definition) is 1. The van der Waals surface area contributed by atoms with Gasteiger partial charge in [-0.15, -0.1) is 16.8 Å². The molecule has 10 heteroatoms. The Morgan fingerprint density at radius 3 is 2.69 bits per heavy atom. The Morgan fingerprint density at radius 1 is 1.17 bits per heavy atom. The van der Waals surface area contributed by atoms with E-state index in [-0.39, 0.29) is 24.0 Å². The lowest BCUT2D eigenvalue weighted by molar-refractivity contribution is -0.384. The van der Waals surface area contributed by atoms with Crippen molar-refractivity contribution in [2.24, 2.45) is 0 Å². The van der Waals surface area contributed by atoms with Gasteiger partial charge in [-0.25, -0.2) is 0 Å². The summed E-state index contributed by atoms with van der Waals surface area (Å²) in [5.74, 6) is 1.22. The Kier molecular flexibility index (Phi) is 7.41. The maximum atomic E-state index is 12.4. The highest BCUT2D eigenvalue weighted by atomic mass is 32.2. The number of aromatic nitrogens is 3. The van der Waals surface area contributed by atoms with Crippen molar-refractivity contribution < 1.29 is 14.5 Å². The van der Waals surface area contributed by atoms with Gasteiger partial charge < -0.3 is 10.1 Å². The van der Waals surface area contributed by atoms with Gasteiger partial charge in [0.25, 0.3) is 5.69 Å². The van der Waals surface area contributed by atoms with Gasteiger partial charge in [0.1, 0.15) is 12.4 Å². The highest BCUT2D eigenvalue weighted by Crippen LogP contribution is 2.28. The molecule has 0 bridgehead atoms. The Labute approximate surface area is 206 Å². The molecule has 9 nitrogen and oxygen atoms in total. The molecule has 0 aliphatic rings. The Morgan fingerprint density at radius 2 is 1.94 bits per heavy atom. The third kappa shape index (κ3) is 5.67. The van der Waals surface area contributed by atoms with Crippen LogP contribution in [-0.4, -0.2) is 31.3 Å². The van der Waals surface area contributed by atoms with Gasteiger partial charge in [0.05, 0.1) is 10.7 Å². The minimum absolute atomic E-state index is 0.0384. The number of carbonyl (C=O) groups excluding carboxylic acids is 1. The average Bonchev–Trinajstić information content (AvgIpc) is 3.24. The number of carbonyl (C=O) groups is 1. The van der Waals surface area contributed by atoms with E-state index in [9.17, 15) is 14.9 Å². The smallest absolute Gasteiger partial charge is 0.269 e. The fraction of sp³-hybridized carbons (Fsp3) is 0.160. The summed E-state index contributed by atoms with van der Waals surface area (Å²) in [6, 6.07) is 17.8. The van der Waals surface area contributed by atoms with Crippen LogP contribution in [0.3, 0.4) is 0 Å². The summed E-state index contributed by atoms with van der Waals surface area (Å²) in [7, 11) is 0. The first kappa shape index (κ1) is 24.0. The second-order valence-corrected chi connectivity index (χ2v) is 8.58. The summed E-state index contributed by atoms with van der Waals surface area (Å²) in [5.41, 5.74) is 1.49. The number of allylic oxidation sites excluding steroid dienone is 1. The van der Waals surface area contributed by atoms with Crippen LogP contribution in [0.15, 0.2) is 78.5 Å². The van der Waals surface area contributed by atoms with E-state index < -0.39 is 4.92 Å². The molecule has 1 heterocycles. The molecular formula is C25H23N5O4S. The fourth-order valence-electron chi connectivity index (χ4n) is 3.54. The van der Waals surface area contributed by atoms with Gasteiger partial charge in [-0.2, -0.15) is 0 Å². The second kappa shape index (κ2) is 10.8. The van der Waals surface area contributed by atoms with Crippen LogP contribution in [0.2, 0.25) is 0 Å². The van der Waals surface area contributed by atoms with Gasteiger partial charge in [0.15, 0.2) is 11.0 Å². The minimum Gasteiger partial charge on any atom is -0.485 e. The van der Waals surface area contributed by atoms with Gasteiger partial charge in [0, 0.05) is 24.4 Å². The first-order chi connectivity index (χ1) is 17.0. The zero-order valence-corrected chi connectivity index (χ0v) is 19.8. The van der Waals surface area contributed by atoms with Crippen molar-refractivity contribution in [3.05, 3.63) is 94.8 Å². The lowest BCUT2D eigenvalue weighted by Crippen LogP contribution is -2.15. The Bertz CT molecular complexity index is 1380. The molecule has 0 spiro atoms. The van der Waals surface area contributed by atoms with Crippen molar-refractivity contribution in [1.82, 2.24) is 14.8 Å². The summed E-state index contributed by atoms with van der Waals surface area (Å²) in [6.45, 7) is 6.51. The lowest BCUT2D eigenvalue weighted by Gasteiger charge is -2.12. The van der Waals surface area contributed by atoms with E-state index in [0.717, 1.165) is 22.1 Å². The van der Waals surface area contributed by atoms with Crippen LogP contribution in [0.4, 0.5) is 11.4 Å². The molecule has 4 aromatic rings. The van der Waals surface area contributed by atoms with E-state index in [1.807, 2.05) is 35.8 Å². The van der Waals surface area contributed by atoms with Crippen molar-refractivity contribution in [3.63, 3.8) is 0 Å². The van der Waals surface area contributed by atoms with Crippen LogP contribution in [0.1, 0.15) is 11.4 Å². The van der Waals surface area contributed by atoms with Crippen LogP contribution in [0.5, 0.6) is 5.75 Å². The number of nitro groups is 1. The topological polar surface area (TPSA) is 112 Å². The summed E-state index contributed by atoms with van der Waals surface area (Å²) in [5, 5.41) is 24.8. The SMILES string of the molecule is C=CCn1c(COc2ccc3ccccc3c2C)nnc1SCC(=O)Nc1ccc([N+](=O)[O-])cc1. The number of thioether (sulfide) groups is 1. The maximum absolute atomic E-state index is 12.4. The minimum atomic E-state index is -0.490. The molecule has 1 N–H and O–H groups in total. The molecule has 0 aliphatic heterocycles. The second-order valence-electron chi connectivity index (χ2n) is 7.64. The molecule has 0 saturated carbocycles. The molecule has 35 heavy (non-hydrogen) atoms. The molecule has 1 aromatic heterocycles. The number of amides is 1. The Hall–Kier alpha value is -4.18. The zero-order valence-electron chi connectivity index (χ0n) is 19.0. The van der Waals surface area contributed by atoms with Crippen LogP contribution in [-0.2, 0) is 17.9 Å². The molecule has 1 amide bonds. The molecule has 0 unspecified atom stereocenters. The van der Waals surface area contributed by atoms with Crippen molar-refractivity contribution in [2.45, 2.75) is 25.2 Å². The van der Waals surface area contributed by atoms with Gasteiger partial charge >= 0.3 is 0 Å². The number of non-ortho nitro benzene ring substituents is 1. The predicted octanol–water partition coefficient (Wildman–Crippen LogP) is 5.14. The van der Waals surface area contributed by atoms with Crippen LogP contribution in [0.25, 0.3) is 10.8 Å². The molecular weight excluding hydrogens is 466 g/mol. The van der Waals surface area contributed by atoms with E-state index in [4.69, 9.17) is 4.74 Å². The fourth-order valence-corrected chi connectivity index (χ4v) is 4.31. The van der Waals surface area contributed by atoms with E-state index >= 15 is 0 Å². The number of aryl methyl sites for hydroxylation is 1. The summed E-state index contributed by atoms with van der Waals surface area (Å²) >= 11 is 1.24. The molecule has 0 atom stereocenters. The van der Waals surface area contributed by atoms with Crippen LogP contribution < -0.4 is 10.1 Å². The number of fused-ring (bicyclic) bond motifs is 1. The highest BCUT2D eigenvalue weighted by molar-refractivity contribution is 7.99. The summed E-state index contributed by atoms with van der Waals surface area (Å²) in [6.07, 6.45) is 1.73. The normalized spacial score (nSPS) is 10.8. The first-order valence-corrected chi connectivity index (χ1v) is 11.8. The van der Waals surface area contributed by atoms with Gasteiger partial charge in [-0.3, -0.25) is 19.5 Å². The van der Waals surface area contributed by atoms with E-state index in [2.05, 4.69) is 34.2 Å². The predicted molar refractivity (Wildman–Crippen MR) is 136 cm³/mol. The molecule has 3 aromatic carbocycles. The molecule has 0 aliphatic carbocycles. The maximum Gasteiger partial charge on any atom is 0.269 e. The summed E-state index contributed by atoms with van der Waals surface area (Å²) in [4.78, 5) is 22.6. The zero-order chi connectivity index (χ0) is 24.8. The molecule has 0 radical (unpaired) electrons. The molecule has 0 fully saturated rings. The monoisotopic (exact) mass is 489 g/mol. The van der Waals surface area contributed by atoms with Crippen LogP contribution in [0, 0.1) is 17.0 Å². The molecule has 0 saturated heterocycles. The number of hydrogen-bond acceptors (Lipinski definition) is 7. The number of benzene rings is 3. The van der Waals surface area contributed by atoms with Gasteiger partial charge in [-0.05, 0) is 41.5 Å². The highest BCUT2D eigenvalue weighted by Gasteiger charge is 2.15. The lowest BCUT2D eigenvalue weighted by atomic mass is 10.0. The Balaban J connectivity index is 1.40. The summed E-state index contributed by atoms with van der Waals surface area (Å²) < 4.78 is 7.92. The molecule has 4 rings (SSSR count). The van der Waals surface area contributed by atoms with Crippen molar-refractivity contribution in [1.29, 1.82) is 0 Å². The van der Waals surface area contributed by atoms with Crippen molar-refractivity contribution in [2.75, 3.05) is 11.1 Å². The van der Waals surface area contributed by atoms with E-state index in [1.54, 1.807) is 6.08 Å². The third-order valence-electron chi connectivity index (χ3n) is 5.30. The first-order valence-electron chi connectivity index (χ1n) is 10.8. The average molecular weight is 490 g/mol. The quantitative estimate of drug-likeness (QED) is 0.142. The number of ether oxygens (including phenoxy) is 1. The largest absolute Gasteiger partial charge is 0.485 e. The van der Waals surface area contributed by atoms with E-state index in [1.165, 1.54) is 36.0 Å². The van der Waals surface area contributed by atoms with Gasteiger partial charge in [-0.1, -0.05) is 48.2 Å². The molecule has 178 valence electrons. The number of nitro benzene ring substituents is 1. The van der Waals surface area contributed by atoms with E-state index in [0.29, 0.717) is 23.2 Å². The van der Waals surface area contributed by atoms with Gasteiger partial charge in [0.2, 0.25) is 5.91 Å². The third-order valence-corrected chi connectivity index (χ3v) is 6.27. The number of anilines is 1. The number of rotatable bonds is 10.